The van der Waals surface area contributed by atoms with Gasteiger partial charge in [-0.05, 0) is 95.4 Å². The molecule has 0 unspecified atom stereocenters. The fourth-order valence-corrected chi connectivity index (χ4v) is 8.73. The number of pyridine rings is 1. The topological polar surface area (TPSA) is 27.5 Å². The van der Waals surface area contributed by atoms with Gasteiger partial charge in [0, 0.05) is 23.1 Å². The molecule has 0 atom stereocenters. The molecule has 1 aliphatic rings. The van der Waals surface area contributed by atoms with E-state index in [0.717, 1.165) is 67.3 Å². The molecule has 7 aromatic carbocycles. The SMILES string of the molecule is Cc1cccc(C)c1N(c1[c-]c(N2CN(c3ccccc3)c3ccccc32)ccc1)c1[c-]c2c(cc1)c1ccccc1n2-c1cc(-c2ccccc2C(C)C)ccn1.[Pt+2]. The standard InChI is InChI=1S/C53H43N5.Pt/c1-36(2)44-22-8-9-23-45(44)39-30-31-54-52(32-39)58-48-25-11-10-24-46(48)47-29-28-43(34-51(47)58)57(53-37(3)16-14-17-38(53)4)42-21-15-20-41(33-42)56-35-55(40-18-6-5-7-19-40)49-26-12-13-27-50(49)56;/h5-32,36H,35H2,1-4H3;/q-2;+2. The number of rotatable bonds is 8. The van der Waals surface area contributed by atoms with Crippen molar-refractivity contribution in [1.29, 1.82) is 0 Å². The number of aryl methyl sites for hydroxylation is 2. The minimum atomic E-state index is 0. The summed E-state index contributed by atoms with van der Waals surface area (Å²) in [6.07, 6.45) is 1.94. The molecular formula is C53H43N5Pt. The zero-order valence-electron chi connectivity index (χ0n) is 33.5. The van der Waals surface area contributed by atoms with Crippen LogP contribution in [0.3, 0.4) is 0 Å². The Morgan fingerprint density at radius 1 is 0.610 bits per heavy atom. The van der Waals surface area contributed by atoms with Crippen LogP contribution in [0.1, 0.15) is 36.5 Å². The summed E-state index contributed by atoms with van der Waals surface area (Å²) >= 11 is 0. The van der Waals surface area contributed by atoms with Crippen LogP contribution in [0.15, 0.2) is 170 Å². The van der Waals surface area contributed by atoms with Crippen LogP contribution in [0.2, 0.25) is 0 Å². The maximum atomic E-state index is 5.02. The second-order valence-corrected chi connectivity index (χ2v) is 15.4. The van der Waals surface area contributed by atoms with E-state index in [2.05, 4.69) is 223 Å². The predicted molar refractivity (Wildman–Crippen MR) is 242 cm³/mol. The van der Waals surface area contributed by atoms with Gasteiger partial charge in [0.15, 0.2) is 0 Å². The maximum Gasteiger partial charge on any atom is 2.00 e. The van der Waals surface area contributed by atoms with Crippen LogP contribution in [0.5, 0.6) is 0 Å². The average Bonchev–Trinajstić information content (AvgIpc) is 3.82. The van der Waals surface area contributed by atoms with Crippen LogP contribution < -0.4 is 14.7 Å². The van der Waals surface area contributed by atoms with Crippen molar-refractivity contribution in [2.45, 2.75) is 33.6 Å². The van der Waals surface area contributed by atoms with E-state index in [4.69, 9.17) is 4.98 Å². The van der Waals surface area contributed by atoms with Gasteiger partial charge >= 0.3 is 21.1 Å². The Balaban J connectivity index is 0.00000449. The summed E-state index contributed by atoms with van der Waals surface area (Å²) in [5.41, 5.74) is 15.6. The van der Waals surface area contributed by atoms with Crippen LogP contribution >= 0.6 is 0 Å². The van der Waals surface area contributed by atoms with Crippen molar-refractivity contribution in [3.63, 3.8) is 0 Å². The molecule has 1 aliphatic heterocycles. The van der Waals surface area contributed by atoms with Gasteiger partial charge < -0.3 is 19.3 Å². The summed E-state index contributed by atoms with van der Waals surface area (Å²) < 4.78 is 2.28. The summed E-state index contributed by atoms with van der Waals surface area (Å²) in [6, 6.07) is 66.2. The zero-order chi connectivity index (χ0) is 39.3. The Kier molecular flexibility index (Phi) is 10.2. The van der Waals surface area contributed by atoms with E-state index < -0.39 is 0 Å². The number of para-hydroxylation sites is 5. The average molecular weight is 945 g/mol. The number of benzene rings is 7. The summed E-state index contributed by atoms with van der Waals surface area (Å²) in [6.45, 7) is 9.56. The summed E-state index contributed by atoms with van der Waals surface area (Å²) in [4.78, 5) is 12.1. The van der Waals surface area contributed by atoms with Crippen molar-refractivity contribution < 1.29 is 21.1 Å². The van der Waals surface area contributed by atoms with Crippen molar-refractivity contribution in [2.24, 2.45) is 0 Å². The van der Waals surface area contributed by atoms with E-state index in [1.165, 1.54) is 27.9 Å². The minimum absolute atomic E-state index is 0. The molecule has 0 radical (unpaired) electrons. The molecule has 59 heavy (non-hydrogen) atoms. The van der Waals surface area contributed by atoms with Gasteiger partial charge in [0.1, 0.15) is 5.82 Å². The van der Waals surface area contributed by atoms with Crippen molar-refractivity contribution in [2.75, 3.05) is 21.4 Å². The van der Waals surface area contributed by atoms with Crippen molar-refractivity contribution in [1.82, 2.24) is 9.55 Å². The van der Waals surface area contributed by atoms with E-state index >= 15 is 0 Å². The van der Waals surface area contributed by atoms with Gasteiger partial charge in [-0.2, -0.15) is 12.1 Å². The molecule has 0 fully saturated rings. The maximum absolute atomic E-state index is 5.02. The third-order valence-corrected chi connectivity index (χ3v) is 11.5. The molecule has 10 rings (SSSR count). The Bertz CT molecular complexity index is 2950. The molecule has 5 nitrogen and oxygen atoms in total. The van der Waals surface area contributed by atoms with Gasteiger partial charge in [0.2, 0.25) is 0 Å². The van der Waals surface area contributed by atoms with Crippen LogP contribution in [0, 0.1) is 26.0 Å². The van der Waals surface area contributed by atoms with E-state index in [1.807, 2.05) is 6.20 Å². The molecule has 0 saturated heterocycles. The zero-order valence-corrected chi connectivity index (χ0v) is 35.8. The van der Waals surface area contributed by atoms with Crippen molar-refractivity contribution in [3.8, 4) is 16.9 Å². The van der Waals surface area contributed by atoms with E-state index in [9.17, 15) is 0 Å². The Labute approximate surface area is 361 Å². The first-order valence-electron chi connectivity index (χ1n) is 20.0. The minimum Gasteiger partial charge on any atom is -0.358 e. The van der Waals surface area contributed by atoms with E-state index in [1.54, 1.807) is 0 Å². The number of hydrogen-bond donors (Lipinski definition) is 0. The van der Waals surface area contributed by atoms with E-state index in [-0.39, 0.29) is 21.1 Å². The third kappa shape index (κ3) is 6.70. The van der Waals surface area contributed by atoms with Gasteiger partial charge in [0.05, 0.1) is 18.0 Å². The monoisotopic (exact) mass is 944 g/mol. The van der Waals surface area contributed by atoms with Crippen molar-refractivity contribution >= 4 is 61.6 Å². The second kappa shape index (κ2) is 15.7. The van der Waals surface area contributed by atoms with Gasteiger partial charge in [0.25, 0.3) is 0 Å². The van der Waals surface area contributed by atoms with Crippen LogP contribution in [0.4, 0.5) is 39.8 Å². The molecular weight excluding hydrogens is 902 g/mol. The molecule has 0 aliphatic carbocycles. The molecule has 0 saturated carbocycles. The summed E-state index contributed by atoms with van der Waals surface area (Å²) in [5, 5.41) is 2.29. The molecule has 3 heterocycles. The number of anilines is 7. The molecule has 290 valence electrons. The number of aromatic nitrogens is 2. The smallest absolute Gasteiger partial charge is 0.358 e. The first-order valence-corrected chi connectivity index (χ1v) is 20.0. The largest absolute Gasteiger partial charge is 2.00 e. The Hall–Kier alpha value is -6.42. The molecule has 0 amide bonds. The number of nitrogens with zero attached hydrogens (tertiary/aromatic N) is 5. The van der Waals surface area contributed by atoms with Crippen LogP contribution in [-0.2, 0) is 21.1 Å². The predicted octanol–water partition coefficient (Wildman–Crippen LogP) is 13.9. The van der Waals surface area contributed by atoms with E-state index in [0.29, 0.717) is 12.6 Å². The molecule has 0 N–H and O–H groups in total. The normalized spacial score (nSPS) is 12.3. The second-order valence-electron chi connectivity index (χ2n) is 15.4. The fraction of sp³-hybridized carbons (Fsp3) is 0.113. The molecule has 2 aromatic heterocycles. The fourth-order valence-electron chi connectivity index (χ4n) is 8.73. The summed E-state index contributed by atoms with van der Waals surface area (Å²) in [7, 11) is 0. The van der Waals surface area contributed by atoms with Crippen LogP contribution in [-0.4, -0.2) is 16.2 Å². The van der Waals surface area contributed by atoms with Crippen LogP contribution in [0.25, 0.3) is 38.8 Å². The number of fused-ring (bicyclic) bond motifs is 4. The first kappa shape index (κ1) is 38.1. The first-order chi connectivity index (χ1) is 28.4. The molecule has 6 heteroatoms. The van der Waals surface area contributed by atoms with Crippen molar-refractivity contribution in [3.05, 3.63) is 199 Å². The Morgan fingerprint density at radius 3 is 2.08 bits per heavy atom. The van der Waals surface area contributed by atoms with Gasteiger partial charge in [-0.1, -0.05) is 127 Å². The molecule has 0 spiro atoms. The quantitative estimate of drug-likeness (QED) is 0.142. The van der Waals surface area contributed by atoms with Gasteiger partial charge in [-0.3, -0.25) is 0 Å². The Morgan fingerprint density at radius 2 is 1.29 bits per heavy atom. The van der Waals surface area contributed by atoms with Gasteiger partial charge in [-0.15, -0.1) is 35.7 Å². The van der Waals surface area contributed by atoms with Gasteiger partial charge in [-0.25, -0.2) is 4.98 Å². The molecule has 9 aromatic rings. The number of hydrogen-bond acceptors (Lipinski definition) is 4. The summed E-state index contributed by atoms with van der Waals surface area (Å²) in [5.74, 6) is 1.25. The molecule has 0 bridgehead atoms. The third-order valence-electron chi connectivity index (χ3n) is 11.5.